The number of hydrogen-bond acceptors (Lipinski definition) is 3. The molecule has 0 aliphatic rings. The highest BCUT2D eigenvalue weighted by Gasteiger charge is 2.16. The third-order valence-corrected chi connectivity index (χ3v) is 4.72. The summed E-state index contributed by atoms with van der Waals surface area (Å²) >= 11 is 1.64. The predicted octanol–water partition coefficient (Wildman–Crippen LogP) is 3.66. The van der Waals surface area contributed by atoms with Crippen molar-refractivity contribution in [1.82, 2.24) is 5.32 Å². The van der Waals surface area contributed by atoms with Crippen molar-refractivity contribution in [1.29, 1.82) is 0 Å². The third kappa shape index (κ3) is 5.73. The largest absolute Gasteiger partial charge is 0.383 e. The van der Waals surface area contributed by atoms with E-state index in [0.29, 0.717) is 12.4 Å². The second-order valence-corrected chi connectivity index (χ2v) is 6.53. The van der Waals surface area contributed by atoms with Gasteiger partial charge in [-0.1, -0.05) is 60.7 Å². The van der Waals surface area contributed by atoms with E-state index in [4.69, 9.17) is 4.74 Å². The molecule has 122 valence electrons. The maximum absolute atomic E-state index is 12.1. The molecule has 2 aromatic carbocycles. The first-order valence-corrected chi connectivity index (χ1v) is 8.75. The van der Waals surface area contributed by atoms with Crippen molar-refractivity contribution in [2.45, 2.75) is 18.2 Å². The molecule has 0 unspecified atom stereocenters. The fourth-order valence-electron chi connectivity index (χ4n) is 2.41. The number of nitrogens with one attached hydrogen (secondary N) is 1. The Hall–Kier alpha value is -1.78. The summed E-state index contributed by atoms with van der Waals surface area (Å²) in [7, 11) is 1.64. The average molecular weight is 329 g/mol. The van der Waals surface area contributed by atoms with Gasteiger partial charge in [-0.25, -0.2) is 0 Å². The van der Waals surface area contributed by atoms with Crippen LogP contribution in [0, 0.1) is 0 Å². The SMILES string of the molecule is COC[C@H](C)NC(=O)CSC(c1ccccc1)c1ccccc1. The highest BCUT2D eigenvalue weighted by atomic mass is 32.2. The minimum absolute atomic E-state index is 0.0278. The van der Waals surface area contributed by atoms with E-state index in [9.17, 15) is 4.79 Å². The number of thioether (sulfide) groups is 1. The summed E-state index contributed by atoms with van der Waals surface area (Å²) in [4.78, 5) is 12.1. The summed E-state index contributed by atoms with van der Waals surface area (Å²) in [6, 6.07) is 20.6. The molecular weight excluding hydrogens is 306 g/mol. The van der Waals surface area contributed by atoms with E-state index in [1.165, 1.54) is 11.1 Å². The average Bonchev–Trinajstić information content (AvgIpc) is 2.57. The highest BCUT2D eigenvalue weighted by molar-refractivity contribution is 8.00. The van der Waals surface area contributed by atoms with Gasteiger partial charge in [0, 0.05) is 13.2 Å². The van der Waals surface area contributed by atoms with E-state index in [1.807, 2.05) is 43.3 Å². The van der Waals surface area contributed by atoms with Crippen molar-refractivity contribution in [3.63, 3.8) is 0 Å². The molecule has 1 amide bonds. The van der Waals surface area contributed by atoms with Gasteiger partial charge in [0.15, 0.2) is 0 Å². The van der Waals surface area contributed by atoms with E-state index in [2.05, 4.69) is 29.6 Å². The fraction of sp³-hybridized carbons (Fsp3) is 0.316. The van der Waals surface area contributed by atoms with E-state index in [-0.39, 0.29) is 17.2 Å². The molecule has 0 heterocycles. The van der Waals surface area contributed by atoms with Gasteiger partial charge in [-0.05, 0) is 18.1 Å². The van der Waals surface area contributed by atoms with E-state index >= 15 is 0 Å². The monoisotopic (exact) mass is 329 g/mol. The van der Waals surface area contributed by atoms with E-state index in [1.54, 1.807) is 18.9 Å². The summed E-state index contributed by atoms with van der Waals surface area (Å²) in [6.07, 6.45) is 0. The minimum atomic E-state index is 0.0278. The molecule has 0 bridgehead atoms. The fourth-order valence-corrected chi connectivity index (χ4v) is 3.51. The van der Waals surface area contributed by atoms with Gasteiger partial charge >= 0.3 is 0 Å². The summed E-state index contributed by atoms with van der Waals surface area (Å²) < 4.78 is 5.05. The number of methoxy groups -OCH3 is 1. The normalized spacial score (nSPS) is 12.1. The molecule has 0 fully saturated rings. The van der Waals surface area contributed by atoms with Crippen molar-refractivity contribution < 1.29 is 9.53 Å². The molecule has 1 atom stereocenters. The number of rotatable bonds is 8. The predicted molar refractivity (Wildman–Crippen MR) is 96.7 cm³/mol. The summed E-state index contributed by atoms with van der Waals surface area (Å²) in [5.41, 5.74) is 2.42. The van der Waals surface area contributed by atoms with Gasteiger partial charge < -0.3 is 10.1 Å². The molecule has 2 aromatic rings. The molecule has 4 heteroatoms. The lowest BCUT2D eigenvalue weighted by atomic mass is 10.0. The molecule has 0 aromatic heterocycles. The van der Waals surface area contributed by atoms with Crippen LogP contribution >= 0.6 is 11.8 Å². The van der Waals surface area contributed by atoms with Crippen molar-refractivity contribution >= 4 is 17.7 Å². The second kappa shape index (κ2) is 9.38. The zero-order valence-electron chi connectivity index (χ0n) is 13.6. The molecule has 0 spiro atoms. The van der Waals surface area contributed by atoms with Gasteiger partial charge in [-0.15, -0.1) is 11.8 Å². The summed E-state index contributed by atoms with van der Waals surface area (Å²) in [6.45, 7) is 2.47. The first-order chi connectivity index (χ1) is 11.2. The lowest BCUT2D eigenvalue weighted by Crippen LogP contribution is -2.36. The van der Waals surface area contributed by atoms with E-state index in [0.717, 1.165) is 0 Å². The highest BCUT2D eigenvalue weighted by Crippen LogP contribution is 2.35. The Kier molecular flexibility index (Phi) is 7.17. The molecule has 1 N–H and O–H groups in total. The summed E-state index contributed by atoms with van der Waals surface area (Å²) in [5.74, 6) is 0.458. The smallest absolute Gasteiger partial charge is 0.230 e. The number of benzene rings is 2. The number of amides is 1. The van der Waals surface area contributed by atoms with Gasteiger partial charge in [-0.2, -0.15) is 0 Å². The Labute approximate surface area is 142 Å². The number of carbonyl (C=O) groups excluding carboxylic acids is 1. The first-order valence-electron chi connectivity index (χ1n) is 7.70. The standard InChI is InChI=1S/C19H23NO2S/c1-15(13-22-2)20-18(21)14-23-19(16-9-5-3-6-10-16)17-11-7-4-8-12-17/h3-12,15,19H,13-14H2,1-2H3,(H,20,21)/t15-/m0/s1. The van der Waals surface area contributed by atoms with Crippen molar-refractivity contribution in [3.8, 4) is 0 Å². The van der Waals surface area contributed by atoms with Crippen LogP contribution in [0.25, 0.3) is 0 Å². The number of hydrogen-bond donors (Lipinski definition) is 1. The lowest BCUT2D eigenvalue weighted by Gasteiger charge is -2.18. The topological polar surface area (TPSA) is 38.3 Å². The van der Waals surface area contributed by atoms with Gasteiger partial charge in [0.05, 0.1) is 17.6 Å². The molecule has 2 rings (SSSR count). The van der Waals surface area contributed by atoms with Gasteiger partial charge in [0.25, 0.3) is 0 Å². The first kappa shape index (κ1) is 17.6. The molecule has 23 heavy (non-hydrogen) atoms. The Morgan fingerprint density at radius 3 is 2.04 bits per heavy atom. The molecular formula is C19H23NO2S. The van der Waals surface area contributed by atoms with E-state index < -0.39 is 0 Å². The molecule has 0 saturated heterocycles. The molecule has 0 aliphatic carbocycles. The van der Waals surface area contributed by atoms with Crippen LogP contribution < -0.4 is 5.32 Å². The lowest BCUT2D eigenvalue weighted by molar-refractivity contribution is -0.119. The Morgan fingerprint density at radius 2 is 1.57 bits per heavy atom. The summed E-state index contributed by atoms with van der Waals surface area (Å²) in [5, 5.41) is 3.11. The zero-order chi connectivity index (χ0) is 16.5. The molecule has 3 nitrogen and oxygen atoms in total. The number of ether oxygens (including phenoxy) is 1. The van der Waals surface area contributed by atoms with Crippen LogP contribution in [0.1, 0.15) is 23.3 Å². The second-order valence-electron chi connectivity index (χ2n) is 5.44. The van der Waals surface area contributed by atoms with Crippen molar-refractivity contribution in [3.05, 3.63) is 71.8 Å². The van der Waals surface area contributed by atoms with Crippen LogP contribution in [0.4, 0.5) is 0 Å². The van der Waals surface area contributed by atoms with Crippen molar-refractivity contribution in [2.75, 3.05) is 19.5 Å². The van der Waals surface area contributed by atoms with Gasteiger partial charge in [-0.3, -0.25) is 4.79 Å². The van der Waals surface area contributed by atoms with Gasteiger partial charge in [0.2, 0.25) is 5.91 Å². The van der Waals surface area contributed by atoms with Crippen LogP contribution in [-0.4, -0.2) is 31.4 Å². The minimum Gasteiger partial charge on any atom is -0.383 e. The molecule has 0 aliphatic heterocycles. The van der Waals surface area contributed by atoms with Crippen molar-refractivity contribution in [2.24, 2.45) is 0 Å². The van der Waals surface area contributed by atoms with Crippen LogP contribution in [0.15, 0.2) is 60.7 Å². The Morgan fingerprint density at radius 1 is 1.04 bits per heavy atom. The van der Waals surface area contributed by atoms with Crippen LogP contribution in [0.3, 0.4) is 0 Å². The Bertz CT molecular complexity index is 549. The maximum atomic E-state index is 12.1. The molecule has 0 radical (unpaired) electrons. The quantitative estimate of drug-likeness (QED) is 0.803. The van der Waals surface area contributed by atoms with Crippen LogP contribution in [0.5, 0.6) is 0 Å². The van der Waals surface area contributed by atoms with Gasteiger partial charge in [0.1, 0.15) is 0 Å². The Balaban J connectivity index is 2.03. The maximum Gasteiger partial charge on any atom is 0.230 e. The van der Waals surface area contributed by atoms with Crippen LogP contribution in [-0.2, 0) is 9.53 Å². The zero-order valence-corrected chi connectivity index (χ0v) is 14.4. The third-order valence-electron chi connectivity index (χ3n) is 3.41. The number of carbonyl (C=O) groups is 1. The molecule has 0 saturated carbocycles. The van der Waals surface area contributed by atoms with Crippen LogP contribution in [0.2, 0.25) is 0 Å².